The van der Waals surface area contributed by atoms with Crippen LogP contribution in [0.4, 0.5) is 11.5 Å². The van der Waals surface area contributed by atoms with Crippen molar-refractivity contribution in [3.63, 3.8) is 0 Å². The summed E-state index contributed by atoms with van der Waals surface area (Å²) in [7, 11) is 0. The highest BCUT2D eigenvalue weighted by atomic mass is 15.0. The summed E-state index contributed by atoms with van der Waals surface area (Å²) in [5.41, 5.74) is 11.6. The van der Waals surface area contributed by atoms with Crippen molar-refractivity contribution in [1.29, 1.82) is 0 Å². The Kier molecular flexibility index (Phi) is 4.47. The highest BCUT2D eigenvalue weighted by Gasteiger charge is 2.19. The molecule has 3 nitrogen and oxygen atoms in total. The molecule has 1 aromatic heterocycles. The maximum atomic E-state index is 5.85. The third-order valence-electron chi connectivity index (χ3n) is 4.40. The molecular formula is C20H23N3. The number of benzene rings is 1. The topological polar surface area (TPSA) is 50.9 Å². The van der Waals surface area contributed by atoms with E-state index >= 15 is 0 Å². The summed E-state index contributed by atoms with van der Waals surface area (Å²) in [5, 5.41) is 3.48. The SMILES string of the molecule is C=CC1CCC=C(C)c2c1ccnc2NCc1cccc(N)c1. The molecule has 1 aromatic carbocycles. The van der Waals surface area contributed by atoms with E-state index in [1.165, 1.54) is 16.7 Å². The van der Waals surface area contributed by atoms with E-state index in [4.69, 9.17) is 5.73 Å². The molecule has 1 heterocycles. The number of rotatable bonds is 4. The predicted molar refractivity (Wildman–Crippen MR) is 98.2 cm³/mol. The van der Waals surface area contributed by atoms with Gasteiger partial charge in [0.2, 0.25) is 0 Å². The van der Waals surface area contributed by atoms with Gasteiger partial charge in [-0.15, -0.1) is 6.58 Å². The molecule has 1 aliphatic carbocycles. The molecule has 0 spiro atoms. The number of nitrogens with two attached hydrogens (primary N) is 1. The van der Waals surface area contributed by atoms with E-state index in [9.17, 15) is 0 Å². The van der Waals surface area contributed by atoms with Crippen LogP contribution in [-0.4, -0.2) is 4.98 Å². The number of hydrogen-bond acceptors (Lipinski definition) is 3. The number of pyridine rings is 1. The summed E-state index contributed by atoms with van der Waals surface area (Å²) in [5.74, 6) is 1.32. The molecule has 3 N–H and O–H groups in total. The Balaban J connectivity index is 1.92. The minimum atomic E-state index is 0.384. The molecule has 23 heavy (non-hydrogen) atoms. The van der Waals surface area contributed by atoms with Crippen LogP contribution in [0.2, 0.25) is 0 Å². The molecule has 2 aromatic rings. The third-order valence-corrected chi connectivity index (χ3v) is 4.40. The number of allylic oxidation sites excluding steroid dienone is 3. The molecule has 0 fully saturated rings. The van der Waals surface area contributed by atoms with Crippen LogP contribution in [0.15, 0.2) is 55.3 Å². The van der Waals surface area contributed by atoms with Crippen molar-refractivity contribution in [2.75, 3.05) is 11.1 Å². The summed E-state index contributed by atoms with van der Waals surface area (Å²) in [6.45, 7) is 6.88. The molecule has 118 valence electrons. The van der Waals surface area contributed by atoms with E-state index in [1.807, 2.05) is 30.5 Å². The van der Waals surface area contributed by atoms with Gasteiger partial charge in [0.1, 0.15) is 5.82 Å². The van der Waals surface area contributed by atoms with Crippen molar-refractivity contribution in [3.05, 3.63) is 72.0 Å². The number of nitrogens with zero attached hydrogens (tertiary/aromatic N) is 1. The first kappa shape index (κ1) is 15.3. The smallest absolute Gasteiger partial charge is 0.134 e. The maximum absolute atomic E-state index is 5.85. The summed E-state index contributed by atoms with van der Waals surface area (Å²) in [6.07, 6.45) is 8.41. The molecule has 0 saturated heterocycles. The van der Waals surface area contributed by atoms with Crippen LogP contribution >= 0.6 is 0 Å². The van der Waals surface area contributed by atoms with Gasteiger partial charge in [0.05, 0.1) is 0 Å². The molecule has 1 atom stereocenters. The fourth-order valence-corrected chi connectivity index (χ4v) is 3.20. The second-order valence-electron chi connectivity index (χ2n) is 6.03. The molecule has 3 heteroatoms. The minimum absolute atomic E-state index is 0.384. The zero-order valence-corrected chi connectivity index (χ0v) is 13.5. The van der Waals surface area contributed by atoms with E-state index in [0.29, 0.717) is 12.5 Å². The Morgan fingerprint density at radius 2 is 2.26 bits per heavy atom. The fraction of sp³-hybridized carbons (Fsp3) is 0.250. The van der Waals surface area contributed by atoms with Gasteiger partial charge in [-0.05, 0) is 54.7 Å². The zero-order valence-electron chi connectivity index (χ0n) is 13.5. The van der Waals surface area contributed by atoms with Crippen LogP contribution in [0.3, 0.4) is 0 Å². The summed E-state index contributed by atoms with van der Waals surface area (Å²) in [4.78, 5) is 4.57. The van der Waals surface area contributed by atoms with E-state index in [2.05, 4.69) is 42.0 Å². The standard InChI is InChI=1S/C20H23N3/c1-3-16-8-4-6-14(2)19-18(16)10-11-22-20(19)23-13-15-7-5-9-17(21)12-15/h3,5-7,9-12,16H,1,4,8,13,21H2,2H3,(H,22,23). The highest BCUT2D eigenvalue weighted by molar-refractivity contribution is 5.76. The normalized spacial score (nSPS) is 16.9. The fourth-order valence-electron chi connectivity index (χ4n) is 3.20. The van der Waals surface area contributed by atoms with E-state index in [0.717, 1.165) is 29.9 Å². The van der Waals surface area contributed by atoms with Gasteiger partial charge in [-0.2, -0.15) is 0 Å². The molecule has 3 rings (SSSR count). The third kappa shape index (κ3) is 3.29. The Morgan fingerprint density at radius 3 is 3.04 bits per heavy atom. The van der Waals surface area contributed by atoms with Gasteiger partial charge >= 0.3 is 0 Å². The Bertz CT molecular complexity index is 746. The van der Waals surface area contributed by atoms with Gasteiger partial charge in [0.25, 0.3) is 0 Å². The monoisotopic (exact) mass is 305 g/mol. The molecule has 0 aliphatic heterocycles. The summed E-state index contributed by atoms with van der Waals surface area (Å²) in [6, 6.07) is 10.1. The van der Waals surface area contributed by atoms with Gasteiger partial charge in [-0.25, -0.2) is 4.98 Å². The van der Waals surface area contributed by atoms with Crippen molar-refractivity contribution in [1.82, 2.24) is 4.98 Å². The molecule has 0 saturated carbocycles. The zero-order chi connectivity index (χ0) is 16.2. The Labute approximate surface area is 137 Å². The number of anilines is 2. The molecule has 1 aliphatic rings. The van der Waals surface area contributed by atoms with Crippen molar-refractivity contribution in [3.8, 4) is 0 Å². The molecular weight excluding hydrogens is 282 g/mol. The Morgan fingerprint density at radius 1 is 1.39 bits per heavy atom. The number of hydrogen-bond donors (Lipinski definition) is 2. The van der Waals surface area contributed by atoms with Crippen LogP contribution in [-0.2, 0) is 6.54 Å². The van der Waals surface area contributed by atoms with Gasteiger partial charge in [0, 0.05) is 29.9 Å². The quantitative estimate of drug-likeness (QED) is 0.633. The molecule has 0 amide bonds. The summed E-state index contributed by atoms with van der Waals surface area (Å²) < 4.78 is 0. The maximum Gasteiger partial charge on any atom is 0.134 e. The average Bonchev–Trinajstić information content (AvgIpc) is 2.72. The predicted octanol–water partition coefficient (Wildman–Crippen LogP) is 4.74. The second-order valence-corrected chi connectivity index (χ2v) is 6.03. The van der Waals surface area contributed by atoms with Gasteiger partial charge < -0.3 is 11.1 Å². The lowest BCUT2D eigenvalue weighted by atomic mass is 9.92. The molecule has 0 radical (unpaired) electrons. The van der Waals surface area contributed by atoms with E-state index < -0.39 is 0 Å². The summed E-state index contributed by atoms with van der Waals surface area (Å²) >= 11 is 0. The minimum Gasteiger partial charge on any atom is -0.399 e. The first-order chi connectivity index (χ1) is 11.2. The van der Waals surface area contributed by atoms with Crippen LogP contribution in [0.25, 0.3) is 5.57 Å². The first-order valence-electron chi connectivity index (χ1n) is 8.06. The highest BCUT2D eigenvalue weighted by Crippen LogP contribution is 2.37. The molecule has 0 bridgehead atoms. The van der Waals surface area contributed by atoms with Crippen molar-refractivity contribution < 1.29 is 0 Å². The average molecular weight is 305 g/mol. The van der Waals surface area contributed by atoms with Gasteiger partial charge in [0.15, 0.2) is 0 Å². The van der Waals surface area contributed by atoms with Gasteiger partial charge in [-0.1, -0.05) is 24.3 Å². The number of nitrogen functional groups attached to an aromatic ring is 1. The van der Waals surface area contributed by atoms with Crippen LogP contribution < -0.4 is 11.1 Å². The number of aromatic nitrogens is 1. The van der Waals surface area contributed by atoms with Crippen LogP contribution in [0.1, 0.15) is 42.4 Å². The second kappa shape index (κ2) is 6.69. The van der Waals surface area contributed by atoms with E-state index in [1.54, 1.807) is 0 Å². The number of fused-ring (bicyclic) bond motifs is 1. The Hall–Kier alpha value is -2.55. The van der Waals surface area contributed by atoms with Crippen LogP contribution in [0.5, 0.6) is 0 Å². The van der Waals surface area contributed by atoms with Gasteiger partial charge in [-0.3, -0.25) is 0 Å². The number of nitrogens with one attached hydrogen (secondary N) is 1. The van der Waals surface area contributed by atoms with Crippen molar-refractivity contribution in [2.24, 2.45) is 0 Å². The first-order valence-corrected chi connectivity index (χ1v) is 8.06. The lowest BCUT2D eigenvalue weighted by molar-refractivity contribution is 0.757. The van der Waals surface area contributed by atoms with Crippen molar-refractivity contribution in [2.45, 2.75) is 32.2 Å². The largest absolute Gasteiger partial charge is 0.399 e. The van der Waals surface area contributed by atoms with Crippen molar-refractivity contribution >= 4 is 17.1 Å². The lowest BCUT2D eigenvalue weighted by Crippen LogP contribution is -2.07. The van der Waals surface area contributed by atoms with E-state index in [-0.39, 0.29) is 0 Å². The lowest BCUT2D eigenvalue weighted by Gasteiger charge is -2.18. The molecule has 1 unspecified atom stereocenters. The van der Waals surface area contributed by atoms with Crippen LogP contribution in [0, 0.1) is 0 Å².